The summed E-state index contributed by atoms with van der Waals surface area (Å²) in [4.78, 5) is 17.6. The molecule has 0 radical (unpaired) electrons. The molecule has 2 N–H and O–H groups in total. The van der Waals surface area contributed by atoms with Gasteiger partial charge in [-0.3, -0.25) is 9.69 Å². The zero-order valence-corrected chi connectivity index (χ0v) is 19.2. The SMILES string of the molecule is CC(NCc1ccccc1CN1CCOCC1)C(=O)Nc1ccc(N2CCCCC2)cc1. The Morgan fingerprint density at radius 2 is 1.62 bits per heavy atom. The van der Waals surface area contributed by atoms with Crippen molar-refractivity contribution in [1.29, 1.82) is 0 Å². The highest BCUT2D eigenvalue weighted by molar-refractivity contribution is 5.94. The van der Waals surface area contributed by atoms with E-state index in [1.165, 1.54) is 36.1 Å². The third kappa shape index (κ3) is 6.31. The van der Waals surface area contributed by atoms with Crippen LogP contribution >= 0.6 is 0 Å². The number of piperidine rings is 1. The van der Waals surface area contributed by atoms with Gasteiger partial charge in [-0.25, -0.2) is 0 Å². The predicted octanol–water partition coefficient (Wildman–Crippen LogP) is 3.63. The van der Waals surface area contributed by atoms with Crippen molar-refractivity contribution in [3.05, 3.63) is 59.7 Å². The Bertz CT molecular complexity index is 858. The fraction of sp³-hybridized carbons (Fsp3) is 0.500. The van der Waals surface area contributed by atoms with Crippen molar-refractivity contribution >= 4 is 17.3 Å². The van der Waals surface area contributed by atoms with Crippen molar-refractivity contribution in [2.24, 2.45) is 0 Å². The standard InChI is InChI=1S/C26H36N4O2/c1-21(26(31)28-24-9-11-25(12-10-24)30-13-5-2-6-14-30)27-19-22-7-3-4-8-23(22)20-29-15-17-32-18-16-29/h3-4,7-12,21,27H,2,5-6,13-20H2,1H3,(H,28,31). The number of benzene rings is 2. The van der Waals surface area contributed by atoms with Crippen molar-refractivity contribution < 1.29 is 9.53 Å². The zero-order valence-electron chi connectivity index (χ0n) is 19.2. The second-order valence-corrected chi connectivity index (χ2v) is 8.84. The smallest absolute Gasteiger partial charge is 0.241 e. The molecule has 4 rings (SSSR count). The lowest BCUT2D eigenvalue weighted by atomic mass is 10.1. The minimum atomic E-state index is -0.284. The fourth-order valence-electron chi connectivity index (χ4n) is 4.40. The number of hydrogen-bond donors (Lipinski definition) is 2. The number of nitrogens with zero attached hydrogens (tertiary/aromatic N) is 2. The molecule has 6 nitrogen and oxygen atoms in total. The van der Waals surface area contributed by atoms with Crippen LogP contribution in [-0.2, 0) is 22.6 Å². The third-order valence-electron chi connectivity index (χ3n) is 6.46. The average Bonchev–Trinajstić information content (AvgIpc) is 2.85. The van der Waals surface area contributed by atoms with E-state index in [9.17, 15) is 4.79 Å². The van der Waals surface area contributed by atoms with Crippen LogP contribution in [0.5, 0.6) is 0 Å². The van der Waals surface area contributed by atoms with Crippen LogP contribution in [0.15, 0.2) is 48.5 Å². The summed E-state index contributed by atoms with van der Waals surface area (Å²) >= 11 is 0. The van der Waals surface area contributed by atoms with Gasteiger partial charge in [-0.15, -0.1) is 0 Å². The number of rotatable bonds is 8. The first-order valence-electron chi connectivity index (χ1n) is 12.0. The molecular formula is C26H36N4O2. The number of nitrogens with one attached hydrogen (secondary N) is 2. The summed E-state index contributed by atoms with van der Waals surface area (Å²) < 4.78 is 5.46. The Hall–Kier alpha value is -2.41. The Morgan fingerprint density at radius 3 is 2.34 bits per heavy atom. The molecule has 2 heterocycles. The summed E-state index contributed by atoms with van der Waals surface area (Å²) in [6.45, 7) is 9.30. The Labute approximate surface area is 191 Å². The minimum Gasteiger partial charge on any atom is -0.379 e. The van der Waals surface area contributed by atoms with Crippen LogP contribution in [0.3, 0.4) is 0 Å². The molecule has 2 saturated heterocycles. The molecule has 0 spiro atoms. The van der Waals surface area contributed by atoms with E-state index in [1.807, 2.05) is 19.1 Å². The van der Waals surface area contributed by atoms with Crippen molar-refractivity contribution in [3.63, 3.8) is 0 Å². The number of ether oxygens (including phenoxy) is 1. The van der Waals surface area contributed by atoms with E-state index in [1.54, 1.807) is 0 Å². The molecule has 1 amide bonds. The summed E-state index contributed by atoms with van der Waals surface area (Å²) in [6, 6.07) is 16.4. The first-order chi connectivity index (χ1) is 15.7. The molecule has 1 unspecified atom stereocenters. The molecular weight excluding hydrogens is 400 g/mol. The maximum absolute atomic E-state index is 12.7. The molecule has 2 aliphatic rings. The molecule has 0 aliphatic carbocycles. The maximum atomic E-state index is 12.7. The second kappa shape index (κ2) is 11.5. The van der Waals surface area contributed by atoms with E-state index in [0.717, 1.165) is 51.6 Å². The van der Waals surface area contributed by atoms with Crippen LogP contribution in [-0.4, -0.2) is 56.2 Å². The number of hydrogen-bond acceptors (Lipinski definition) is 5. The van der Waals surface area contributed by atoms with Gasteiger partial charge in [0.25, 0.3) is 0 Å². The number of carbonyl (C=O) groups excluding carboxylic acids is 1. The van der Waals surface area contributed by atoms with Gasteiger partial charge in [-0.1, -0.05) is 24.3 Å². The lowest BCUT2D eigenvalue weighted by Gasteiger charge is -2.29. The molecule has 6 heteroatoms. The number of anilines is 2. The second-order valence-electron chi connectivity index (χ2n) is 8.84. The van der Waals surface area contributed by atoms with Gasteiger partial charge in [0, 0.05) is 50.6 Å². The molecule has 2 aromatic carbocycles. The van der Waals surface area contributed by atoms with Gasteiger partial charge < -0.3 is 20.3 Å². The molecule has 0 bridgehead atoms. The van der Waals surface area contributed by atoms with E-state index in [4.69, 9.17) is 4.74 Å². The van der Waals surface area contributed by atoms with Crippen LogP contribution in [0.4, 0.5) is 11.4 Å². The Balaban J connectivity index is 1.27. The van der Waals surface area contributed by atoms with Crippen molar-refractivity contribution in [1.82, 2.24) is 10.2 Å². The van der Waals surface area contributed by atoms with Gasteiger partial charge >= 0.3 is 0 Å². The van der Waals surface area contributed by atoms with Crippen LogP contribution in [0, 0.1) is 0 Å². The summed E-state index contributed by atoms with van der Waals surface area (Å²) in [5.74, 6) is -0.0126. The van der Waals surface area contributed by atoms with E-state index in [2.05, 4.69) is 56.8 Å². The summed E-state index contributed by atoms with van der Waals surface area (Å²) in [6.07, 6.45) is 3.85. The maximum Gasteiger partial charge on any atom is 0.241 e. The summed E-state index contributed by atoms with van der Waals surface area (Å²) in [5.41, 5.74) is 4.63. The van der Waals surface area contributed by atoms with E-state index in [-0.39, 0.29) is 11.9 Å². The first-order valence-corrected chi connectivity index (χ1v) is 12.0. The Kier molecular flexibility index (Phi) is 8.15. The molecule has 2 fully saturated rings. The third-order valence-corrected chi connectivity index (χ3v) is 6.46. The average molecular weight is 437 g/mol. The van der Waals surface area contributed by atoms with Gasteiger partial charge in [0.2, 0.25) is 5.91 Å². The summed E-state index contributed by atoms with van der Waals surface area (Å²) in [7, 11) is 0. The fourth-order valence-corrected chi connectivity index (χ4v) is 4.40. The molecule has 2 aromatic rings. The van der Waals surface area contributed by atoms with Crippen molar-refractivity contribution in [2.75, 3.05) is 49.6 Å². The molecule has 0 aromatic heterocycles. The van der Waals surface area contributed by atoms with Crippen LogP contribution < -0.4 is 15.5 Å². The zero-order chi connectivity index (χ0) is 22.2. The highest BCUT2D eigenvalue weighted by atomic mass is 16.5. The van der Waals surface area contributed by atoms with Crippen LogP contribution in [0.25, 0.3) is 0 Å². The minimum absolute atomic E-state index is 0.0126. The topological polar surface area (TPSA) is 56.8 Å². The van der Waals surface area contributed by atoms with Gasteiger partial charge in [0.05, 0.1) is 19.3 Å². The molecule has 2 aliphatic heterocycles. The van der Waals surface area contributed by atoms with E-state index in [0.29, 0.717) is 6.54 Å². The largest absolute Gasteiger partial charge is 0.379 e. The van der Waals surface area contributed by atoms with Crippen LogP contribution in [0.1, 0.15) is 37.3 Å². The van der Waals surface area contributed by atoms with Gasteiger partial charge in [-0.05, 0) is 61.6 Å². The molecule has 0 saturated carbocycles. The lowest BCUT2D eigenvalue weighted by molar-refractivity contribution is -0.117. The highest BCUT2D eigenvalue weighted by Gasteiger charge is 2.16. The van der Waals surface area contributed by atoms with Crippen molar-refractivity contribution in [3.8, 4) is 0 Å². The monoisotopic (exact) mass is 436 g/mol. The van der Waals surface area contributed by atoms with E-state index >= 15 is 0 Å². The Morgan fingerprint density at radius 1 is 0.938 bits per heavy atom. The highest BCUT2D eigenvalue weighted by Crippen LogP contribution is 2.22. The summed E-state index contributed by atoms with van der Waals surface area (Å²) in [5, 5.41) is 6.44. The van der Waals surface area contributed by atoms with Gasteiger partial charge in [-0.2, -0.15) is 0 Å². The number of morpholine rings is 1. The van der Waals surface area contributed by atoms with Crippen molar-refractivity contribution in [2.45, 2.75) is 45.3 Å². The van der Waals surface area contributed by atoms with Gasteiger partial charge in [0.1, 0.15) is 0 Å². The molecule has 172 valence electrons. The number of carbonyl (C=O) groups is 1. The quantitative estimate of drug-likeness (QED) is 0.662. The normalized spacial score (nSPS) is 18.3. The predicted molar refractivity (Wildman–Crippen MR) is 130 cm³/mol. The van der Waals surface area contributed by atoms with Gasteiger partial charge in [0.15, 0.2) is 0 Å². The molecule has 32 heavy (non-hydrogen) atoms. The first kappa shape index (κ1) is 22.8. The lowest BCUT2D eigenvalue weighted by Crippen LogP contribution is -2.38. The van der Waals surface area contributed by atoms with E-state index < -0.39 is 0 Å². The van der Waals surface area contributed by atoms with Crippen LogP contribution in [0.2, 0.25) is 0 Å². The molecule has 1 atom stereocenters. The number of amides is 1.